The minimum absolute atomic E-state index is 0. The van der Waals surface area contributed by atoms with Crippen LogP contribution >= 0.6 is 87.3 Å². The first kappa shape index (κ1) is 43.9. The van der Waals surface area contributed by atoms with Gasteiger partial charge < -0.3 is 12.4 Å². The molecule has 0 aromatic heterocycles. The molecule has 0 saturated carbocycles. The maximum atomic E-state index is 6.46. The fourth-order valence-electron chi connectivity index (χ4n) is 3.27. The monoisotopic (exact) mass is 893 g/mol. The number of hydrogen-bond acceptors (Lipinski definition) is 0. The third-order valence-corrected chi connectivity index (χ3v) is 5.81. The summed E-state index contributed by atoms with van der Waals surface area (Å²) in [6.07, 6.45) is 0. The summed E-state index contributed by atoms with van der Waals surface area (Å²) in [4.78, 5) is 0. The first-order chi connectivity index (χ1) is 20.7. The van der Waals surface area contributed by atoms with Crippen molar-refractivity contribution in [3.63, 3.8) is 0 Å². The Morgan fingerprint density at radius 1 is 0.674 bits per heavy atom. The van der Waals surface area contributed by atoms with Crippen molar-refractivity contribution in [2.75, 3.05) is 0 Å². The fraction of sp³-hybridized carbons (Fsp3) is 0.0625. The number of hydrogen-bond donors (Lipinski definition) is 0. The molecule has 0 bridgehead atoms. The summed E-state index contributed by atoms with van der Waals surface area (Å²) < 4.78 is 12.7. The Hall–Kier alpha value is 0.910. The normalized spacial score (nSPS) is 9.65. The Bertz CT molecular complexity index is 1360. The van der Waals surface area contributed by atoms with Gasteiger partial charge in [0, 0.05) is 10.0 Å². The molecule has 0 N–H and O–H groups in total. The molecule has 4 atom stereocenters. The van der Waals surface area contributed by atoms with Crippen molar-refractivity contribution in [2.24, 2.45) is 0 Å². The largest absolute Gasteiger partial charge is 2.00 e. The minimum atomic E-state index is -0.583. The smallest absolute Gasteiger partial charge is 1.00 e. The van der Waals surface area contributed by atoms with Crippen LogP contribution in [0.1, 0.15) is 11.1 Å². The molecular weight excluding hydrogens is 857 g/mol. The molecule has 4 unspecified atom stereocenters. The van der Waals surface area contributed by atoms with Crippen molar-refractivity contribution < 1.29 is 23.2 Å². The van der Waals surface area contributed by atoms with Gasteiger partial charge in [0.15, 0.2) is 0 Å². The van der Waals surface area contributed by atoms with Crippen LogP contribution < -0.4 is 12.4 Å². The molecule has 0 aliphatic rings. The van der Waals surface area contributed by atoms with Gasteiger partial charge in [-0.2, -0.15) is 36.4 Å². The maximum absolute atomic E-state index is 6.46. The zero-order chi connectivity index (χ0) is 32.5. The summed E-state index contributed by atoms with van der Waals surface area (Å²) >= 11 is 17.2. The summed E-state index contributed by atoms with van der Waals surface area (Å²) in [5.41, 5.74) is 7.48. The quantitative estimate of drug-likeness (QED) is 0.0942. The summed E-state index contributed by atoms with van der Waals surface area (Å²) in [7, 11) is 6.61. The average Bonchev–Trinajstić information content (AvgIpc) is 3.03. The van der Waals surface area contributed by atoms with Crippen LogP contribution in [0.25, 0.3) is 22.3 Å². The molecule has 0 spiro atoms. The first-order valence-corrected chi connectivity index (χ1v) is 22.6. The van der Waals surface area contributed by atoms with E-state index < -0.39 is 10.8 Å². The standard InChI is InChI=1S/C19H16.C7H6Cl2.C6H5.2BrH.ClH.Mg.Ni.2H4P2.H/c1-15-12-13-18(16-8-4-2-5-9-16)14-19(15)17-10-6-3-7-11-17;1-5-2-3-6(8)4-7(5)9;1-2-4-6-5-3-1;;;;;;2*1-2;/h2-14H,1H3;2-4H,1H3;1-5H;3*1H;;;2*1-2H2;/q;;-1;;;;2*+2;;;/p-3/i;;;;;;;;1T;;1+2. The second kappa shape index (κ2) is 32.8. The van der Waals surface area contributed by atoms with Crippen LogP contribution in [0.15, 0.2) is 127 Å². The summed E-state index contributed by atoms with van der Waals surface area (Å²) in [6.45, 7) is 4.11. The zero-order valence-electron chi connectivity index (χ0n) is 25.8. The van der Waals surface area contributed by atoms with Gasteiger partial charge in [-0.25, -0.2) is 0 Å². The van der Waals surface area contributed by atoms with E-state index in [-0.39, 0.29) is 44.3 Å². The zero-order valence-corrected chi connectivity index (χ0v) is 36.1. The van der Waals surface area contributed by atoms with Crippen LogP contribution in [0.2, 0.25) is 10.0 Å². The van der Waals surface area contributed by atoms with Crippen LogP contribution in [0, 0.1) is 19.9 Å². The topological polar surface area (TPSA) is 0 Å². The van der Waals surface area contributed by atoms with Crippen molar-refractivity contribution in [2.45, 2.75) is 13.8 Å². The Balaban J connectivity index is -0.000000569. The number of aryl methyl sites for hydroxylation is 2. The van der Waals surface area contributed by atoms with E-state index in [2.05, 4.69) is 147 Å². The molecule has 231 valence electrons. The molecule has 0 nitrogen and oxygen atoms in total. The van der Waals surface area contributed by atoms with Crippen LogP contribution in [0.4, 0.5) is 0 Å². The molecule has 5 rings (SSSR count). The Morgan fingerprint density at radius 3 is 1.51 bits per heavy atom. The van der Waals surface area contributed by atoms with E-state index in [1.807, 2.05) is 49.4 Å². The Labute approximate surface area is 323 Å². The number of halogens is 5. The molecule has 0 fully saturated rings. The third-order valence-electron chi connectivity index (χ3n) is 5.17. The molecule has 43 heavy (non-hydrogen) atoms. The van der Waals surface area contributed by atoms with E-state index in [4.69, 9.17) is 25.5 Å². The summed E-state index contributed by atoms with van der Waals surface area (Å²) in [6, 6.07) is 45.7. The molecule has 5 aromatic rings. The molecule has 0 aliphatic carbocycles. The Kier molecular flexibility index (Phi) is 33.5. The van der Waals surface area contributed by atoms with Gasteiger partial charge in [-0.1, -0.05) is 102 Å². The van der Waals surface area contributed by atoms with Gasteiger partial charge >= 0.3 is 63.3 Å². The van der Waals surface area contributed by atoms with E-state index in [1.165, 1.54) is 27.8 Å². The van der Waals surface area contributed by atoms with E-state index in [0.717, 1.165) is 10.6 Å². The van der Waals surface area contributed by atoms with E-state index in [0.29, 0.717) is 5.02 Å². The van der Waals surface area contributed by atoms with Gasteiger partial charge in [-0.3, -0.25) is 0 Å². The molecule has 0 radical (unpaired) electrons. The van der Waals surface area contributed by atoms with Crippen molar-refractivity contribution in [3.8, 4) is 22.3 Å². The van der Waals surface area contributed by atoms with Gasteiger partial charge in [-0.15, -0.1) is 35.7 Å². The molecule has 5 aromatic carbocycles. The van der Waals surface area contributed by atoms with Crippen molar-refractivity contribution >= 4 is 110 Å². The van der Waals surface area contributed by atoms with Crippen LogP contribution in [-0.4, -0.2) is 25.3 Å². The second-order valence-corrected chi connectivity index (χ2v) is 13.6. The van der Waals surface area contributed by atoms with Crippen LogP contribution in [0.3, 0.4) is 0 Å². The van der Waals surface area contributed by atoms with Gasteiger partial charge in [-0.05, 0) is 65.4 Å². The molecule has 11 heteroatoms. The summed E-state index contributed by atoms with van der Waals surface area (Å²) in [5.74, 6) is 0. The van der Waals surface area contributed by atoms with Crippen LogP contribution in [0.5, 0.6) is 0 Å². The number of rotatable bonds is 2. The molecule has 0 amide bonds. The van der Waals surface area contributed by atoms with Gasteiger partial charge in [0.2, 0.25) is 0 Å². The Morgan fingerprint density at radius 2 is 1.12 bits per heavy atom. The molecular formula is C32H36Br2Cl3MgNiP4. The number of benzene rings is 5. The predicted octanol–water partition coefficient (Wildman–Crippen LogP) is 9.47. The minimum Gasteiger partial charge on any atom is -1.00 e. The van der Waals surface area contributed by atoms with E-state index >= 15 is 0 Å². The third kappa shape index (κ3) is 22.2. The van der Waals surface area contributed by atoms with Crippen LogP contribution in [-0.2, 0) is 10.8 Å². The maximum Gasteiger partial charge on any atom is 2.00 e. The van der Waals surface area contributed by atoms with Crippen molar-refractivity contribution in [1.82, 2.24) is 0 Å². The molecule has 0 aliphatic heterocycles. The van der Waals surface area contributed by atoms with Crippen molar-refractivity contribution in [3.05, 3.63) is 155 Å². The first-order valence-electron chi connectivity index (χ1n) is 12.8. The van der Waals surface area contributed by atoms with Gasteiger partial charge in [0.05, 0.1) is 1.28 Å². The fourth-order valence-corrected chi connectivity index (χ4v) is 3.68. The van der Waals surface area contributed by atoms with Gasteiger partial charge in [0.25, 0.3) is 0 Å². The second-order valence-electron chi connectivity index (χ2n) is 7.78. The molecule has 0 saturated heterocycles. The predicted molar refractivity (Wildman–Crippen MR) is 212 cm³/mol. The summed E-state index contributed by atoms with van der Waals surface area (Å²) in [5, 5.41) is 1.41. The SMILES string of the molecule is Cc1ccc(-c2ccccc2)cc1-c1ccccc1.Cc1ccc(Cl)cc1Cl.PP.[3H]PP.[3H][Ni]([Br])[Br].[Cl-].[Mg+2].[c-]1ccccc1. The molecule has 0 heterocycles. The van der Waals surface area contributed by atoms with Gasteiger partial charge in [0.1, 0.15) is 0 Å². The van der Waals surface area contributed by atoms with E-state index in [9.17, 15) is 0 Å². The van der Waals surface area contributed by atoms with Crippen molar-refractivity contribution in [1.29, 1.82) is 2.26 Å². The van der Waals surface area contributed by atoms with E-state index in [1.54, 1.807) is 6.07 Å². The average molecular weight is 898 g/mol.